The third kappa shape index (κ3) is 11.9. The van der Waals surface area contributed by atoms with Crippen molar-refractivity contribution in [2.45, 2.75) is 115 Å². The predicted octanol–water partition coefficient (Wildman–Crippen LogP) is 7.71. The normalized spacial score (nSPS) is 24.4. The molecule has 0 spiro atoms. The van der Waals surface area contributed by atoms with Crippen LogP contribution in [0.15, 0.2) is 89.0 Å². The lowest BCUT2D eigenvalue weighted by Crippen LogP contribution is -2.48. The number of ether oxygens (including phenoxy) is 2. The Balaban J connectivity index is 0.553. The SMILES string of the molecule is Cc1ncsc1-c1ccc([C@H](C)NC(=O)[C@@H]2C[C@@H](O)CN2C(=O)[C@@H](c2cc(N3CCC(CN4CCC(O[C@H]5C[C@H](Oc6cc(N7C[C@@H]8CN(c9cc(-c%10ccccc%10O)nnc9N)C[C@@H]8C7)ccn6)C5)CC4)CC3)no2)C(C)C)cc1. The summed E-state index contributed by atoms with van der Waals surface area (Å²) in [4.78, 5) is 49.5. The van der Waals surface area contributed by atoms with Crippen molar-refractivity contribution in [1.82, 2.24) is 40.4 Å². The van der Waals surface area contributed by atoms with Crippen molar-refractivity contribution in [2.75, 3.05) is 85.9 Å². The number of aliphatic hydroxyl groups excluding tert-OH is 1. The number of aliphatic hydroxyl groups is 1. The minimum absolute atomic E-state index is 0.0852. The van der Waals surface area contributed by atoms with Crippen molar-refractivity contribution in [1.29, 1.82) is 0 Å². The number of carbonyl (C=O) groups excluding carboxylic acids is 2. The van der Waals surface area contributed by atoms with Gasteiger partial charge in [0.15, 0.2) is 17.4 Å². The smallest absolute Gasteiger partial charge is 0.243 e. The summed E-state index contributed by atoms with van der Waals surface area (Å²) in [5.74, 6) is 2.71. The van der Waals surface area contributed by atoms with E-state index in [1.165, 1.54) is 4.90 Å². The van der Waals surface area contributed by atoms with E-state index in [4.69, 9.17) is 19.7 Å². The van der Waals surface area contributed by atoms with E-state index in [1.54, 1.807) is 23.5 Å². The van der Waals surface area contributed by atoms with Gasteiger partial charge in [0.25, 0.3) is 0 Å². The maximum absolute atomic E-state index is 14.4. The number of nitrogens with one attached hydrogen (secondary N) is 1. The van der Waals surface area contributed by atoms with Gasteiger partial charge in [-0.05, 0) is 86.8 Å². The highest BCUT2D eigenvalue weighted by Gasteiger charge is 2.45. The number of anilines is 4. The molecule has 6 aromatic rings. The van der Waals surface area contributed by atoms with Crippen molar-refractivity contribution >= 4 is 46.2 Å². The van der Waals surface area contributed by atoms with Crippen molar-refractivity contribution < 1.29 is 33.8 Å². The van der Waals surface area contributed by atoms with Gasteiger partial charge in [-0.25, -0.2) is 9.97 Å². The summed E-state index contributed by atoms with van der Waals surface area (Å²) in [6.45, 7) is 16.5. The number of thiazole rings is 1. The van der Waals surface area contributed by atoms with Gasteiger partial charge in [-0.2, -0.15) is 0 Å². The van der Waals surface area contributed by atoms with Crippen LogP contribution in [0.1, 0.15) is 94.7 Å². The van der Waals surface area contributed by atoms with Crippen LogP contribution < -0.4 is 30.5 Å². The second kappa shape index (κ2) is 23.5. The monoisotopic (exact) mass is 1120 g/mol. The minimum Gasteiger partial charge on any atom is -0.507 e. The number of benzene rings is 2. The Morgan fingerprint density at radius 1 is 0.827 bits per heavy atom. The van der Waals surface area contributed by atoms with Crippen LogP contribution in [0.5, 0.6) is 11.6 Å². The average molecular weight is 1120 g/mol. The standard InChI is InChI=1S/C61H76N12O7S/c1-36(2)57(61(77)73-34-45(74)24-52(73)60(76)65-37(3)40-9-11-41(12-10-40)58-38(4)64-35-81-58)54-28-55(68-80-54)70-21-14-39(15-22-70)29-69-19-16-46(17-20-69)78-47-25-48(26-47)79-56-23-44(13-18-63-56)71-30-42-32-72(33-43(42)31-71)51-27-50(66-67-59(51)62)49-7-5-6-8-53(49)75/h5-13,18,23,27-28,35-37,39,42-43,45-48,52,57,74-75H,14-17,19-22,24-26,29-34H2,1-4H3,(H2,62,67)(H,65,76)/t37-,42-,43+,45+,47-,48-,52-,57+/m0/s1. The summed E-state index contributed by atoms with van der Waals surface area (Å²) in [5, 5.41) is 37.3. The summed E-state index contributed by atoms with van der Waals surface area (Å²) in [6, 6.07) is 22.2. The number of phenols is 1. The molecule has 19 nitrogen and oxygen atoms in total. The number of aromatic nitrogens is 5. The van der Waals surface area contributed by atoms with Crippen molar-refractivity contribution in [2.24, 2.45) is 23.7 Å². The van der Waals surface area contributed by atoms with Gasteiger partial charge >= 0.3 is 0 Å². The molecule has 0 bridgehead atoms. The van der Waals surface area contributed by atoms with Gasteiger partial charge in [0, 0.05) is 126 Å². The lowest BCUT2D eigenvalue weighted by atomic mass is 9.91. The fourth-order valence-electron chi connectivity index (χ4n) is 13.3. The van der Waals surface area contributed by atoms with Crippen LogP contribution in [0.3, 0.4) is 0 Å². The van der Waals surface area contributed by atoms with Gasteiger partial charge in [-0.15, -0.1) is 21.5 Å². The molecule has 6 aliphatic rings. The highest BCUT2D eigenvalue weighted by molar-refractivity contribution is 7.13. The zero-order chi connectivity index (χ0) is 55.9. The van der Waals surface area contributed by atoms with Gasteiger partial charge < -0.3 is 59.8 Å². The fraction of sp³-hybridized carbons (Fsp3) is 0.525. The summed E-state index contributed by atoms with van der Waals surface area (Å²) >= 11 is 1.60. The molecule has 9 heterocycles. The van der Waals surface area contributed by atoms with E-state index in [0.29, 0.717) is 46.5 Å². The van der Waals surface area contributed by atoms with Crippen LogP contribution in [0.4, 0.5) is 23.0 Å². The number of para-hydroxylation sites is 1. The molecule has 5 aliphatic heterocycles. The Kier molecular flexibility index (Phi) is 15.9. The number of β-amino-alcohol motifs (C(OH)–C–C–N with tert-alkyl or cyclic N) is 1. The van der Waals surface area contributed by atoms with Crippen LogP contribution in [0, 0.1) is 30.6 Å². The predicted molar refractivity (Wildman–Crippen MR) is 311 cm³/mol. The second-order valence-electron chi connectivity index (χ2n) is 23.9. The number of hydrogen-bond donors (Lipinski definition) is 4. The third-order valence-electron chi connectivity index (χ3n) is 18.0. The molecule has 2 amide bonds. The third-order valence-corrected chi connectivity index (χ3v) is 19.0. The van der Waals surface area contributed by atoms with Crippen LogP contribution in [-0.2, 0) is 14.3 Å². The Morgan fingerprint density at radius 2 is 1.57 bits per heavy atom. The number of phenolic OH excluding ortho intramolecular Hbond substituents is 1. The molecule has 2 aromatic carbocycles. The number of nitrogen functional groups attached to an aromatic ring is 1. The Bertz CT molecular complexity index is 3140. The van der Waals surface area contributed by atoms with Crippen LogP contribution in [0.2, 0.25) is 0 Å². The summed E-state index contributed by atoms with van der Waals surface area (Å²) in [6.07, 6.45) is 7.73. The Morgan fingerprint density at radius 3 is 2.28 bits per heavy atom. The molecular formula is C61H76N12O7S. The number of nitrogens with zero attached hydrogens (tertiary/aromatic N) is 10. The lowest BCUT2D eigenvalue weighted by Gasteiger charge is -2.41. The van der Waals surface area contributed by atoms with Gasteiger partial charge in [0.1, 0.15) is 23.8 Å². The number of carbonyl (C=O) groups is 2. The topological polar surface area (TPSA) is 225 Å². The maximum atomic E-state index is 14.4. The van der Waals surface area contributed by atoms with Gasteiger partial charge in [0.2, 0.25) is 17.7 Å². The van der Waals surface area contributed by atoms with Crippen molar-refractivity contribution in [3.05, 3.63) is 102 Å². The summed E-state index contributed by atoms with van der Waals surface area (Å²) < 4.78 is 19.0. The number of aryl methyl sites for hydroxylation is 1. The first-order valence-electron chi connectivity index (χ1n) is 29.2. The Labute approximate surface area is 477 Å². The molecule has 1 aliphatic carbocycles. The van der Waals surface area contributed by atoms with Crippen LogP contribution in [-0.4, -0.2) is 153 Å². The van der Waals surface area contributed by atoms with Crippen molar-refractivity contribution in [3.63, 3.8) is 0 Å². The number of aromatic hydroxyl groups is 1. The zero-order valence-corrected chi connectivity index (χ0v) is 47.7. The summed E-state index contributed by atoms with van der Waals surface area (Å²) in [7, 11) is 0. The average Bonchev–Trinajstić information content (AvgIpc) is 4.39. The first kappa shape index (κ1) is 54.7. The van der Waals surface area contributed by atoms with E-state index in [9.17, 15) is 19.8 Å². The number of rotatable bonds is 17. The molecule has 0 radical (unpaired) electrons. The zero-order valence-electron chi connectivity index (χ0n) is 46.8. The number of likely N-dealkylation sites (tertiary alicyclic amines) is 2. The summed E-state index contributed by atoms with van der Waals surface area (Å²) in [5.41, 5.74) is 14.5. The molecule has 428 valence electrons. The largest absolute Gasteiger partial charge is 0.507 e. The number of hydrogen-bond acceptors (Lipinski definition) is 18. The van der Waals surface area contributed by atoms with Crippen LogP contribution >= 0.6 is 11.3 Å². The molecule has 6 fully saturated rings. The fourth-order valence-corrected chi connectivity index (χ4v) is 14.1. The molecule has 20 heteroatoms. The highest BCUT2D eigenvalue weighted by Crippen LogP contribution is 2.41. The first-order valence-corrected chi connectivity index (χ1v) is 30.1. The first-order chi connectivity index (χ1) is 39.3. The lowest BCUT2D eigenvalue weighted by molar-refractivity contribution is -0.141. The molecule has 5 saturated heterocycles. The number of amides is 2. The van der Waals surface area contributed by atoms with E-state index in [0.717, 1.165) is 136 Å². The molecule has 12 rings (SSSR count). The number of piperidine rings is 2. The highest BCUT2D eigenvalue weighted by atomic mass is 32.1. The van der Waals surface area contributed by atoms with E-state index in [1.807, 2.05) is 87.9 Å². The number of pyridine rings is 1. The quantitative estimate of drug-likeness (QED) is 0.0686. The number of nitrogens with two attached hydrogens (primary N) is 1. The Hall–Kier alpha value is -6.87. The van der Waals surface area contributed by atoms with Gasteiger partial charge in [-0.1, -0.05) is 55.4 Å². The molecule has 1 saturated carbocycles. The van der Waals surface area contributed by atoms with Gasteiger partial charge in [0.05, 0.1) is 51.8 Å². The molecule has 81 heavy (non-hydrogen) atoms. The molecule has 4 aromatic heterocycles. The van der Waals surface area contributed by atoms with Gasteiger partial charge in [-0.3, -0.25) is 9.59 Å². The number of fused-ring (bicyclic) bond motifs is 1. The van der Waals surface area contributed by atoms with Crippen molar-refractivity contribution in [3.8, 4) is 33.3 Å². The molecule has 0 unspecified atom stereocenters. The molecular weight excluding hydrogens is 1040 g/mol. The van der Waals surface area contributed by atoms with E-state index >= 15 is 0 Å². The van der Waals surface area contributed by atoms with Crippen LogP contribution in [0.25, 0.3) is 21.7 Å². The maximum Gasteiger partial charge on any atom is 0.243 e. The molecule has 6 atom stereocenters. The molecule has 5 N–H and O–H groups in total. The van der Waals surface area contributed by atoms with E-state index in [2.05, 4.69) is 62.4 Å². The van der Waals surface area contributed by atoms with E-state index in [-0.39, 0.29) is 60.8 Å². The van der Waals surface area contributed by atoms with E-state index < -0.39 is 18.1 Å². The minimum atomic E-state index is -0.802. The second-order valence-corrected chi connectivity index (χ2v) is 24.8.